The molecule has 0 amide bonds. The summed E-state index contributed by atoms with van der Waals surface area (Å²) in [5.74, 6) is -0.338. The average Bonchev–Trinajstić information content (AvgIpc) is 2.43. The van der Waals surface area contributed by atoms with Crippen LogP contribution in [0.3, 0.4) is 0 Å². The predicted molar refractivity (Wildman–Crippen MR) is 55.6 cm³/mol. The highest BCUT2D eigenvalue weighted by molar-refractivity contribution is 5.41. The molecule has 5 nitrogen and oxygen atoms in total. The monoisotopic (exact) mass is 222 g/mol. The van der Waals surface area contributed by atoms with Crippen LogP contribution >= 0.6 is 0 Å². The Bertz CT molecular complexity index is 455. The van der Waals surface area contributed by atoms with Gasteiger partial charge in [-0.15, -0.1) is 0 Å². The van der Waals surface area contributed by atoms with E-state index in [-0.39, 0.29) is 28.8 Å². The number of phenols is 2. The van der Waals surface area contributed by atoms with Crippen molar-refractivity contribution in [3.63, 3.8) is 0 Å². The lowest BCUT2D eigenvalue weighted by atomic mass is 10.3. The Kier molecular flexibility index (Phi) is 2.36. The van der Waals surface area contributed by atoms with E-state index >= 15 is 0 Å². The van der Waals surface area contributed by atoms with Gasteiger partial charge in [0.2, 0.25) is 0 Å². The first-order chi connectivity index (χ1) is 7.54. The van der Waals surface area contributed by atoms with Gasteiger partial charge in [0, 0.05) is 30.4 Å². The zero-order valence-electron chi connectivity index (χ0n) is 8.16. The van der Waals surface area contributed by atoms with Gasteiger partial charge in [-0.1, -0.05) is 0 Å². The van der Waals surface area contributed by atoms with Crippen molar-refractivity contribution >= 4 is 0 Å². The van der Waals surface area contributed by atoms with E-state index in [1.807, 2.05) is 0 Å². The number of aliphatic hydroxyl groups excluding tert-OH is 2. The van der Waals surface area contributed by atoms with Gasteiger partial charge in [-0.05, 0) is 0 Å². The molecule has 0 aliphatic heterocycles. The smallest absolute Gasteiger partial charge is 0.177 e. The molecule has 16 heavy (non-hydrogen) atoms. The van der Waals surface area contributed by atoms with Gasteiger partial charge in [-0.25, -0.2) is 0 Å². The number of benzene rings is 1. The first-order valence-electron chi connectivity index (χ1n) is 4.55. The number of ether oxygens (including phenoxy) is 1. The third-order valence-corrected chi connectivity index (χ3v) is 2.05. The van der Waals surface area contributed by atoms with E-state index in [2.05, 4.69) is 0 Å². The average molecular weight is 222 g/mol. The molecule has 1 atom stereocenters. The van der Waals surface area contributed by atoms with Crippen LogP contribution < -0.4 is 4.74 Å². The minimum Gasteiger partial charge on any atom is -0.508 e. The molecule has 1 unspecified atom stereocenters. The van der Waals surface area contributed by atoms with Gasteiger partial charge in [0.15, 0.2) is 6.10 Å². The van der Waals surface area contributed by atoms with Crippen molar-refractivity contribution in [2.75, 3.05) is 0 Å². The van der Waals surface area contributed by atoms with Gasteiger partial charge in [0.25, 0.3) is 0 Å². The molecular formula is C11H10O5. The van der Waals surface area contributed by atoms with Gasteiger partial charge >= 0.3 is 0 Å². The van der Waals surface area contributed by atoms with Gasteiger partial charge < -0.3 is 25.2 Å². The molecule has 0 fully saturated rings. The van der Waals surface area contributed by atoms with Crippen LogP contribution in [0.25, 0.3) is 0 Å². The van der Waals surface area contributed by atoms with E-state index < -0.39 is 6.10 Å². The Balaban J connectivity index is 2.19. The molecule has 0 saturated heterocycles. The fraction of sp³-hybridized carbons (Fsp3) is 0.0909. The van der Waals surface area contributed by atoms with E-state index in [9.17, 15) is 15.3 Å². The summed E-state index contributed by atoms with van der Waals surface area (Å²) in [5, 5.41) is 36.9. The summed E-state index contributed by atoms with van der Waals surface area (Å²) in [6.45, 7) is 0. The number of hydrogen-bond donors (Lipinski definition) is 4. The van der Waals surface area contributed by atoms with Crippen LogP contribution in [0.5, 0.6) is 17.2 Å². The molecule has 0 bridgehead atoms. The van der Waals surface area contributed by atoms with E-state index in [1.54, 1.807) is 0 Å². The number of phenolic OH excluding ortho intramolecular Hbond substituents is 2. The fourth-order valence-corrected chi connectivity index (χ4v) is 1.40. The maximum absolute atomic E-state index is 9.36. The number of aliphatic hydroxyl groups is 2. The molecule has 0 aromatic heterocycles. The molecule has 5 heteroatoms. The van der Waals surface area contributed by atoms with Crippen LogP contribution in [0.4, 0.5) is 0 Å². The lowest BCUT2D eigenvalue weighted by molar-refractivity contribution is 0.216. The first kappa shape index (κ1) is 10.2. The Morgan fingerprint density at radius 2 is 1.56 bits per heavy atom. The molecule has 0 heterocycles. The van der Waals surface area contributed by atoms with Gasteiger partial charge in [-0.2, -0.15) is 0 Å². The molecule has 0 spiro atoms. The lowest BCUT2D eigenvalue weighted by Crippen LogP contribution is -2.13. The molecule has 2 rings (SSSR count). The fourth-order valence-electron chi connectivity index (χ4n) is 1.40. The molecule has 4 N–H and O–H groups in total. The number of allylic oxidation sites excluding steroid dienone is 1. The topological polar surface area (TPSA) is 90.2 Å². The number of rotatable bonds is 2. The summed E-state index contributed by atoms with van der Waals surface area (Å²) < 4.78 is 5.24. The zero-order chi connectivity index (χ0) is 11.7. The van der Waals surface area contributed by atoms with Gasteiger partial charge in [0.1, 0.15) is 28.8 Å². The second-order valence-corrected chi connectivity index (χ2v) is 3.38. The predicted octanol–water partition coefficient (Wildman–Crippen LogP) is 1.74. The molecule has 1 aromatic carbocycles. The lowest BCUT2D eigenvalue weighted by Gasteiger charge is -2.12. The summed E-state index contributed by atoms with van der Waals surface area (Å²) in [6, 6.07) is 3.73. The van der Waals surface area contributed by atoms with Crippen LogP contribution in [0.1, 0.15) is 0 Å². The highest BCUT2D eigenvalue weighted by atomic mass is 16.5. The maximum atomic E-state index is 9.36. The molecule has 84 valence electrons. The maximum Gasteiger partial charge on any atom is 0.177 e. The number of hydrogen-bond acceptors (Lipinski definition) is 5. The van der Waals surface area contributed by atoms with Crippen molar-refractivity contribution in [1.29, 1.82) is 0 Å². The molecular weight excluding hydrogens is 212 g/mol. The Morgan fingerprint density at radius 1 is 0.938 bits per heavy atom. The number of aromatic hydroxyl groups is 2. The van der Waals surface area contributed by atoms with Crippen LogP contribution in [0, 0.1) is 0 Å². The minimum absolute atomic E-state index is 0.0909. The van der Waals surface area contributed by atoms with Crippen LogP contribution in [-0.4, -0.2) is 26.5 Å². The molecule has 1 aliphatic rings. The first-order valence-corrected chi connectivity index (χ1v) is 4.55. The standard InChI is InChI=1S/C11H10O5/c12-6-1-7(13)3-9(2-6)16-11-5-8(14)4-10(11)15/h1-5,11-15H. The third-order valence-electron chi connectivity index (χ3n) is 2.05. The van der Waals surface area contributed by atoms with Crippen molar-refractivity contribution in [3.05, 3.63) is 41.9 Å². The Labute approximate surface area is 91.2 Å². The van der Waals surface area contributed by atoms with E-state index in [0.29, 0.717) is 0 Å². The highest BCUT2D eigenvalue weighted by Crippen LogP contribution is 2.28. The second kappa shape index (κ2) is 3.69. The van der Waals surface area contributed by atoms with E-state index in [0.717, 1.165) is 12.1 Å². The molecule has 1 aliphatic carbocycles. The van der Waals surface area contributed by atoms with Crippen molar-refractivity contribution in [3.8, 4) is 17.2 Å². The third kappa shape index (κ3) is 2.03. The van der Waals surface area contributed by atoms with Crippen molar-refractivity contribution in [2.45, 2.75) is 6.10 Å². The Hall–Kier alpha value is -2.30. The normalized spacial score (nSPS) is 19.1. The Morgan fingerprint density at radius 3 is 2.06 bits per heavy atom. The summed E-state index contributed by atoms with van der Waals surface area (Å²) in [4.78, 5) is 0. The largest absolute Gasteiger partial charge is 0.508 e. The molecule has 0 saturated carbocycles. The minimum atomic E-state index is -0.804. The van der Waals surface area contributed by atoms with Crippen molar-refractivity contribution in [2.24, 2.45) is 0 Å². The van der Waals surface area contributed by atoms with E-state index in [4.69, 9.17) is 9.84 Å². The van der Waals surface area contributed by atoms with E-state index in [1.165, 1.54) is 18.2 Å². The highest BCUT2D eigenvalue weighted by Gasteiger charge is 2.20. The summed E-state index contributed by atoms with van der Waals surface area (Å²) in [7, 11) is 0. The zero-order valence-corrected chi connectivity index (χ0v) is 8.16. The summed E-state index contributed by atoms with van der Waals surface area (Å²) in [6.07, 6.45) is 1.66. The SMILES string of the molecule is OC1=CC(Oc2cc(O)cc(O)c2)C(O)=C1. The molecule has 0 radical (unpaired) electrons. The van der Waals surface area contributed by atoms with Gasteiger partial charge in [-0.3, -0.25) is 0 Å². The van der Waals surface area contributed by atoms with Crippen molar-refractivity contribution < 1.29 is 25.2 Å². The summed E-state index contributed by atoms with van der Waals surface area (Å²) >= 11 is 0. The summed E-state index contributed by atoms with van der Waals surface area (Å²) in [5.41, 5.74) is 0. The van der Waals surface area contributed by atoms with Gasteiger partial charge in [0.05, 0.1) is 0 Å². The van der Waals surface area contributed by atoms with Crippen molar-refractivity contribution in [1.82, 2.24) is 0 Å². The quantitative estimate of drug-likeness (QED) is 0.612. The van der Waals surface area contributed by atoms with Crippen LogP contribution in [0.2, 0.25) is 0 Å². The van der Waals surface area contributed by atoms with Crippen LogP contribution in [-0.2, 0) is 0 Å². The van der Waals surface area contributed by atoms with Crippen LogP contribution in [0.15, 0.2) is 41.9 Å². The second-order valence-electron chi connectivity index (χ2n) is 3.38. The molecule has 1 aromatic rings.